The molecule has 4 aromatic rings. The van der Waals surface area contributed by atoms with Crippen molar-refractivity contribution in [2.45, 2.75) is 6.42 Å². The second-order valence-corrected chi connectivity index (χ2v) is 6.28. The van der Waals surface area contributed by atoms with Crippen LogP contribution in [0, 0.1) is 0 Å². The van der Waals surface area contributed by atoms with Crippen LogP contribution < -0.4 is 10.1 Å². The molecule has 1 amide bonds. The number of para-hydroxylation sites is 1. The number of ether oxygens (including phenoxy) is 1. The predicted molar refractivity (Wildman–Crippen MR) is 96.9 cm³/mol. The zero-order valence-electron chi connectivity index (χ0n) is 13.0. The maximum absolute atomic E-state index is 12.3. The van der Waals surface area contributed by atoms with Crippen molar-refractivity contribution in [3.8, 4) is 5.75 Å². The number of hydrogen-bond acceptors (Lipinski definition) is 4. The lowest BCUT2D eigenvalue weighted by molar-refractivity contribution is -0.115. The third-order valence-electron chi connectivity index (χ3n) is 3.92. The number of methoxy groups -OCH3 is 1. The number of rotatable bonds is 4. The summed E-state index contributed by atoms with van der Waals surface area (Å²) in [6.07, 6.45) is 0.338. The highest BCUT2D eigenvalue weighted by Gasteiger charge is 2.14. The van der Waals surface area contributed by atoms with Crippen molar-refractivity contribution in [2.75, 3.05) is 12.4 Å². The van der Waals surface area contributed by atoms with E-state index in [0.29, 0.717) is 17.9 Å². The molecule has 24 heavy (non-hydrogen) atoms. The highest BCUT2D eigenvalue weighted by atomic mass is 32.1. The van der Waals surface area contributed by atoms with Crippen LogP contribution in [0.1, 0.15) is 5.56 Å². The van der Waals surface area contributed by atoms with Crippen LogP contribution in [0.2, 0.25) is 0 Å². The van der Waals surface area contributed by atoms with Gasteiger partial charge in [-0.3, -0.25) is 4.79 Å². The number of thiophene rings is 1. The van der Waals surface area contributed by atoms with Gasteiger partial charge in [-0.05, 0) is 34.5 Å². The molecular weight excluding hydrogens is 322 g/mol. The summed E-state index contributed by atoms with van der Waals surface area (Å²) in [7, 11) is 1.60. The number of anilines is 1. The summed E-state index contributed by atoms with van der Waals surface area (Å²) in [5.41, 5.74) is 3.16. The molecule has 0 unspecified atom stereocenters. The number of furan rings is 1. The normalized spacial score (nSPS) is 11.0. The highest BCUT2D eigenvalue weighted by molar-refractivity contribution is 7.08. The summed E-state index contributed by atoms with van der Waals surface area (Å²) in [6.45, 7) is 0. The molecule has 2 heterocycles. The van der Waals surface area contributed by atoms with Crippen LogP contribution in [0.4, 0.5) is 5.69 Å². The Morgan fingerprint density at radius 2 is 2.04 bits per heavy atom. The topological polar surface area (TPSA) is 51.5 Å². The fourth-order valence-corrected chi connectivity index (χ4v) is 3.46. The van der Waals surface area contributed by atoms with Gasteiger partial charge < -0.3 is 14.5 Å². The van der Waals surface area contributed by atoms with Gasteiger partial charge in [-0.15, -0.1) is 0 Å². The second-order valence-electron chi connectivity index (χ2n) is 5.50. The summed E-state index contributed by atoms with van der Waals surface area (Å²) in [5.74, 6) is 0.537. The average molecular weight is 337 g/mol. The maximum atomic E-state index is 12.3. The molecule has 0 saturated carbocycles. The molecule has 4 rings (SSSR count). The van der Waals surface area contributed by atoms with Gasteiger partial charge in [0.25, 0.3) is 0 Å². The Bertz CT molecular complexity index is 1020. The van der Waals surface area contributed by atoms with Crippen LogP contribution >= 0.6 is 11.3 Å². The van der Waals surface area contributed by atoms with Gasteiger partial charge in [-0.2, -0.15) is 11.3 Å². The first-order valence-corrected chi connectivity index (χ1v) is 8.49. The average Bonchev–Trinajstić information content (AvgIpc) is 3.20. The first-order valence-electron chi connectivity index (χ1n) is 7.55. The van der Waals surface area contributed by atoms with Gasteiger partial charge in [0.1, 0.15) is 16.9 Å². The van der Waals surface area contributed by atoms with Crippen molar-refractivity contribution in [3.63, 3.8) is 0 Å². The minimum atomic E-state index is -0.0813. The van der Waals surface area contributed by atoms with E-state index < -0.39 is 0 Å². The molecule has 0 bridgehead atoms. The summed E-state index contributed by atoms with van der Waals surface area (Å²) in [4.78, 5) is 12.3. The number of benzene rings is 2. The summed E-state index contributed by atoms with van der Waals surface area (Å²) < 4.78 is 11.3. The van der Waals surface area contributed by atoms with E-state index in [4.69, 9.17) is 9.15 Å². The number of hydrogen-bond donors (Lipinski definition) is 1. The second kappa shape index (κ2) is 6.02. The van der Waals surface area contributed by atoms with E-state index in [1.165, 1.54) is 0 Å². The Balaban J connectivity index is 1.71. The lowest BCUT2D eigenvalue weighted by Crippen LogP contribution is -2.14. The Morgan fingerprint density at radius 1 is 1.17 bits per heavy atom. The first kappa shape index (κ1) is 14.8. The third kappa shape index (κ3) is 2.63. The van der Waals surface area contributed by atoms with Crippen molar-refractivity contribution in [1.82, 2.24) is 0 Å². The van der Waals surface area contributed by atoms with Crippen molar-refractivity contribution >= 4 is 44.9 Å². The zero-order chi connectivity index (χ0) is 16.5. The van der Waals surface area contributed by atoms with Crippen LogP contribution in [0.5, 0.6) is 5.75 Å². The maximum Gasteiger partial charge on any atom is 0.228 e. The molecule has 4 nitrogen and oxygen atoms in total. The molecule has 0 atom stereocenters. The Morgan fingerprint density at radius 3 is 2.83 bits per heavy atom. The van der Waals surface area contributed by atoms with Gasteiger partial charge in [-0.25, -0.2) is 0 Å². The van der Waals surface area contributed by atoms with Crippen molar-refractivity contribution < 1.29 is 13.9 Å². The summed E-state index contributed by atoms with van der Waals surface area (Å²) >= 11 is 1.58. The lowest BCUT2D eigenvalue weighted by atomic mass is 10.1. The molecule has 120 valence electrons. The molecule has 0 spiro atoms. The van der Waals surface area contributed by atoms with Gasteiger partial charge in [0.15, 0.2) is 0 Å². The standard InChI is InChI=1S/C19H15NO3S/c1-22-18-9-14-13-4-2-3-5-16(13)23-17(14)10-15(18)20-19(21)8-12-6-7-24-11-12/h2-7,9-11H,8H2,1H3,(H,20,21). The molecule has 5 heteroatoms. The Labute approximate surface area is 142 Å². The zero-order valence-corrected chi connectivity index (χ0v) is 13.9. The molecule has 0 aliphatic carbocycles. The van der Waals surface area contributed by atoms with E-state index >= 15 is 0 Å². The molecular formula is C19H15NO3S. The van der Waals surface area contributed by atoms with Gasteiger partial charge in [0, 0.05) is 16.8 Å². The van der Waals surface area contributed by atoms with Gasteiger partial charge in [-0.1, -0.05) is 18.2 Å². The Hall–Kier alpha value is -2.79. The van der Waals surface area contributed by atoms with Crippen LogP contribution in [0.15, 0.2) is 57.6 Å². The van der Waals surface area contributed by atoms with Gasteiger partial charge >= 0.3 is 0 Å². The molecule has 2 aromatic heterocycles. The van der Waals surface area contributed by atoms with Crippen molar-refractivity contribution in [1.29, 1.82) is 0 Å². The summed E-state index contributed by atoms with van der Waals surface area (Å²) in [6, 6.07) is 13.5. The van der Waals surface area contributed by atoms with E-state index in [0.717, 1.165) is 27.5 Å². The van der Waals surface area contributed by atoms with Crippen LogP contribution in [0.25, 0.3) is 21.9 Å². The quantitative estimate of drug-likeness (QED) is 0.580. The van der Waals surface area contributed by atoms with Crippen molar-refractivity contribution in [2.24, 2.45) is 0 Å². The molecule has 0 aliphatic heterocycles. The minimum Gasteiger partial charge on any atom is -0.495 e. The predicted octanol–water partition coefficient (Wildman–Crippen LogP) is 4.84. The molecule has 2 aromatic carbocycles. The first-order chi connectivity index (χ1) is 11.7. The van der Waals surface area contributed by atoms with E-state index in [1.54, 1.807) is 18.4 Å². The molecule has 0 radical (unpaired) electrons. The Kier molecular flexibility index (Phi) is 3.70. The van der Waals surface area contributed by atoms with E-state index in [1.807, 2.05) is 53.2 Å². The highest BCUT2D eigenvalue weighted by Crippen LogP contribution is 2.36. The van der Waals surface area contributed by atoms with E-state index in [9.17, 15) is 4.79 Å². The number of nitrogens with one attached hydrogen (secondary N) is 1. The smallest absolute Gasteiger partial charge is 0.228 e. The number of carbonyl (C=O) groups excluding carboxylic acids is 1. The molecule has 0 saturated heterocycles. The van der Waals surface area contributed by atoms with Gasteiger partial charge in [0.05, 0.1) is 19.2 Å². The molecule has 0 aliphatic rings. The fourth-order valence-electron chi connectivity index (χ4n) is 2.79. The van der Waals surface area contributed by atoms with Crippen molar-refractivity contribution in [3.05, 3.63) is 58.8 Å². The fraction of sp³-hybridized carbons (Fsp3) is 0.105. The molecule has 1 N–H and O–H groups in total. The van der Waals surface area contributed by atoms with Crippen LogP contribution in [-0.4, -0.2) is 13.0 Å². The number of fused-ring (bicyclic) bond motifs is 3. The monoisotopic (exact) mass is 337 g/mol. The largest absolute Gasteiger partial charge is 0.495 e. The number of amides is 1. The third-order valence-corrected chi connectivity index (χ3v) is 4.65. The van der Waals surface area contributed by atoms with E-state index in [-0.39, 0.29) is 5.91 Å². The van der Waals surface area contributed by atoms with Crippen LogP contribution in [-0.2, 0) is 11.2 Å². The number of carbonyl (C=O) groups is 1. The lowest BCUT2D eigenvalue weighted by Gasteiger charge is -2.10. The van der Waals surface area contributed by atoms with Crippen LogP contribution in [0.3, 0.4) is 0 Å². The summed E-state index contributed by atoms with van der Waals surface area (Å²) in [5, 5.41) is 8.85. The molecule has 0 fully saturated rings. The SMILES string of the molecule is COc1cc2c(cc1NC(=O)Cc1ccsc1)oc1ccccc12. The van der Waals surface area contributed by atoms with E-state index in [2.05, 4.69) is 5.32 Å². The minimum absolute atomic E-state index is 0.0813. The van der Waals surface area contributed by atoms with Gasteiger partial charge in [0.2, 0.25) is 5.91 Å².